The zero-order chi connectivity index (χ0) is 12.6. The number of carboxylic acid groups (broad SMARTS) is 1. The van der Waals surface area contributed by atoms with Crippen molar-refractivity contribution >= 4 is 5.97 Å². The highest BCUT2D eigenvalue weighted by Crippen LogP contribution is 2.15. The van der Waals surface area contributed by atoms with Gasteiger partial charge in [0, 0.05) is 6.07 Å². The smallest absolute Gasteiger partial charge is 0.339 e. The van der Waals surface area contributed by atoms with Crippen LogP contribution in [0.1, 0.15) is 21.7 Å². The third kappa shape index (κ3) is 1.82. The average molecular weight is 234 g/mol. The normalized spacial score (nSPS) is 10.5. The Morgan fingerprint density at radius 2 is 2.18 bits per heavy atom. The van der Waals surface area contributed by atoms with Gasteiger partial charge in [0.05, 0.1) is 17.7 Å². The first-order valence-electron chi connectivity index (χ1n) is 4.85. The van der Waals surface area contributed by atoms with Crippen molar-refractivity contribution in [1.29, 1.82) is 0 Å². The minimum atomic E-state index is -1.05. The number of aromatic carboxylic acids is 1. The third-order valence-electron chi connectivity index (χ3n) is 2.39. The van der Waals surface area contributed by atoms with E-state index in [4.69, 9.17) is 5.11 Å². The molecule has 0 aromatic carbocycles. The van der Waals surface area contributed by atoms with E-state index in [9.17, 15) is 9.59 Å². The number of carboxylic acids is 1. The van der Waals surface area contributed by atoms with E-state index in [1.54, 1.807) is 13.8 Å². The Balaban J connectivity index is 2.66. The SMILES string of the molecule is Cc1nn(-c2cc(=O)[nH]cn2)c(C)c1C(=O)O. The van der Waals surface area contributed by atoms with E-state index in [0.29, 0.717) is 17.2 Å². The van der Waals surface area contributed by atoms with Gasteiger partial charge >= 0.3 is 5.97 Å². The maximum atomic E-state index is 11.1. The van der Waals surface area contributed by atoms with Crippen LogP contribution in [0.2, 0.25) is 0 Å². The number of aromatic amines is 1. The summed E-state index contributed by atoms with van der Waals surface area (Å²) in [6.45, 7) is 3.21. The van der Waals surface area contributed by atoms with E-state index < -0.39 is 5.97 Å². The van der Waals surface area contributed by atoms with Gasteiger partial charge in [-0.3, -0.25) is 4.79 Å². The third-order valence-corrected chi connectivity index (χ3v) is 2.39. The summed E-state index contributed by atoms with van der Waals surface area (Å²) >= 11 is 0. The highest BCUT2D eigenvalue weighted by atomic mass is 16.4. The summed E-state index contributed by atoms with van der Waals surface area (Å²) in [5.74, 6) is -0.752. The lowest BCUT2D eigenvalue weighted by molar-refractivity contribution is 0.0695. The van der Waals surface area contributed by atoms with Crippen LogP contribution in [0, 0.1) is 13.8 Å². The molecule has 0 saturated carbocycles. The standard InChI is InChI=1S/C10H10N4O3/c1-5-9(10(16)17)6(2)14(13-5)7-3-8(15)12-4-11-7/h3-4H,1-2H3,(H,16,17)(H,11,12,15). The Morgan fingerprint density at radius 1 is 1.47 bits per heavy atom. The lowest BCUT2D eigenvalue weighted by atomic mass is 10.2. The summed E-state index contributed by atoms with van der Waals surface area (Å²) in [6.07, 6.45) is 1.24. The van der Waals surface area contributed by atoms with E-state index in [0.717, 1.165) is 0 Å². The van der Waals surface area contributed by atoms with E-state index in [2.05, 4.69) is 15.1 Å². The molecule has 0 aliphatic carbocycles. The molecule has 2 N–H and O–H groups in total. The number of rotatable bonds is 2. The van der Waals surface area contributed by atoms with Gasteiger partial charge in [-0.1, -0.05) is 0 Å². The molecule has 0 atom stereocenters. The van der Waals surface area contributed by atoms with Gasteiger partial charge in [-0.15, -0.1) is 0 Å². The number of aryl methyl sites for hydroxylation is 1. The Labute approximate surface area is 95.7 Å². The number of aromatic nitrogens is 4. The molecule has 2 heterocycles. The number of hydrogen-bond acceptors (Lipinski definition) is 4. The molecule has 7 nitrogen and oxygen atoms in total. The van der Waals surface area contributed by atoms with Gasteiger partial charge < -0.3 is 10.1 Å². The molecule has 0 fully saturated rings. The predicted octanol–water partition coefficient (Wildman–Crippen LogP) is 0.271. The second-order valence-corrected chi connectivity index (χ2v) is 3.53. The molecule has 2 rings (SSSR count). The average Bonchev–Trinajstić information content (AvgIpc) is 2.54. The first kappa shape index (κ1) is 11.1. The molecule has 7 heteroatoms. The fourth-order valence-electron chi connectivity index (χ4n) is 1.65. The Bertz CT molecular complexity index is 641. The summed E-state index contributed by atoms with van der Waals surface area (Å²) in [6, 6.07) is 1.26. The number of nitrogens with zero attached hydrogens (tertiary/aromatic N) is 3. The first-order valence-corrected chi connectivity index (χ1v) is 4.85. The molecule has 0 unspecified atom stereocenters. The zero-order valence-electron chi connectivity index (χ0n) is 9.26. The van der Waals surface area contributed by atoms with Gasteiger partial charge in [0.25, 0.3) is 5.56 Å². The molecule has 0 aliphatic heterocycles. The van der Waals surface area contributed by atoms with E-state index in [-0.39, 0.29) is 11.1 Å². The summed E-state index contributed by atoms with van der Waals surface area (Å²) in [5.41, 5.74) is 0.636. The summed E-state index contributed by atoms with van der Waals surface area (Å²) in [7, 11) is 0. The molecule has 0 saturated heterocycles. The molecule has 0 aliphatic rings. The summed E-state index contributed by atoms with van der Waals surface area (Å²) in [4.78, 5) is 28.5. The fourth-order valence-corrected chi connectivity index (χ4v) is 1.65. The second-order valence-electron chi connectivity index (χ2n) is 3.53. The van der Waals surface area contributed by atoms with Gasteiger partial charge in [0.15, 0.2) is 5.82 Å². The van der Waals surface area contributed by atoms with Crippen LogP contribution in [0.15, 0.2) is 17.2 Å². The van der Waals surface area contributed by atoms with Gasteiger partial charge in [0.1, 0.15) is 5.56 Å². The van der Waals surface area contributed by atoms with Crippen molar-refractivity contribution in [2.45, 2.75) is 13.8 Å². The maximum Gasteiger partial charge on any atom is 0.339 e. The van der Waals surface area contributed by atoms with Crippen LogP contribution in [0.4, 0.5) is 0 Å². The van der Waals surface area contributed by atoms with E-state index >= 15 is 0 Å². The van der Waals surface area contributed by atoms with Crippen molar-refractivity contribution in [2.75, 3.05) is 0 Å². The predicted molar refractivity (Wildman–Crippen MR) is 58.4 cm³/mol. The lowest BCUT2D eigenvalue weighted by Crippen LogP contribution is -2.11. The van der Waals surface area contributed by atoms with Crippen molar-refractivity contribution in [3.8, 4) is 5.82 Å². The molecular weight excluding hydrogens is 224 g/mol. The lowest BCUT2D eigenvalue weighted by Gasteiger charge is -2.01. The number of hydrogen-bond donors (Lipinski definition) is 2. The summed E-state index contributed by atoms with van der Waals surface area (Å²) in [5, 5.41) is 13.1. The van der Waals surface area contributed by atoms with E-state index in [1.165, 1.54) is 17.1 Å². The van der Waals surface area contributed by atoms with Crippen molar-refractivity contribution < 1.29 is 9.90 Å². The highest BCUT2D eigenvalue weighted by Gasteiger charge is 2.18. The molecule has 2 aromatic rings. The second kappa shape index (κ2) is 3.85. The fraction of sp³-hybridized carbons (Fsp3) is 0.200. The molecule has 0 radical (unpaired) electrons. The molecular formula is C10H10N4O3. The minimum Gasteiger partial charge on any atom is -0.478 e. The van der Waals surface area contributed by atoms with Crippen LogP contribution >= 0.6 is 0 Å². The summed E-state index contributed by atoms with van der Waals surface area (Å²) < 4.78 is 1.34. The van der Waals surface area contributed by atoms with Crippen LogP contribution in [0.3, 0.4) is 0 Å². The molecule has 88 valence electrons. The van der Waals surface area contributed by atoms with Crippen molar-refractivity contribution in [2.24, 2.45) is 0 Å². The quantitative estimate of drug-likeness (QED) is 0.776. The van der Waals surface area contributed by atoms with Gasteiger partial charge in [0.2, 0.25) is 0 Å². The minimum absolute atomic E-state index is 0.132. The maximum absolute atomic E-state index is 11.1. The zero-order valence-corrected chi connectivity index (χ0v) is 9.26. The van der Waals surface area contributed by atoms with Crippen LogP contribution < -0.4 is 5.56 Å². The molecule has 0 amide bonds. The Morgan fingerprint density at radius 3 is 2.71 bits per heavy atom. The highest BCUT2D eigenvalue weighted by molar-refractivity contribution is 5.90. The number of nitrogens with one attached hydrogen (secondary N) is 1. The molecule has 2 aromatic heterocycles. The number of H-pyrrole nitrogens is 1. The van der Waals surface area contributed by atoms with Crippen LogP contribution in [-0.4, -0.2) is 30.8 Å². The Kier molecular flexibility index (Phi) is 2.51. The first-order chi connectivity index (χ1) is 8.00. The van der Waals surface area contributed by atoms with Gasteiger partial charge in [-0.2, -0.15) is 5.10 Å². The monoisotopic (exact) mass is 234 g/mol. The van der Waals surface area contributed by atoms with Crippen LogP contribution in [0.25, 0.3) is 5.82 Å². The largest absolute Gasteiger partial charge is 0.478 e. The van der Waals surface area contributed by atoms with E-state index in [1.807, 2.05) is 0 Å². The van der Waals surface area contributed by atoms with Crippen molar-refractivity contribution in [3.63, 3.8) is 0 Å². The Hall–Kier alpha value is -2.44. The van der Waals surface area contributed by atoms with Crippen LogP contribution in [0.5, 0.6) is 0 Å². The molecule has 0 spiro atoms. The molecule has 0 bridgehead atoms. The van der Waals surface area contributed by atoms with Crippen LogP contribution in [-0.2, 0) is 0 Å². The van der Waals surface area contributed by atoms with Gasteiger partial charge in [-0.25, -0.2) is 14.5 Å². The van der Waals surface area contributed by atoms with Crippen molar-refractivity contribution in [1.82, 2.24) is 19.7 Å². The number of carbonyl (C=O) groups is 1. The molecule has 17 heavy (non-hydrogen) atoms. The van der Waals surface area contributed by atoms with Crippen molar-refractivity contribution in [3.05, 3.63) is 39.7 Å². The topological polar surface area (TPSA) is 101 Å². The van der Waals surface area contributed by atoms with Gasteiger partial charge in [-0.05, 0) is 13.8 Å².